The number of imide groups is 1. The van der Waals surface area contributed by atoms with Gasteiger partial charge in [0.15, 0.2) is 11.2 Å². The number of thiazole rings is 1. The molecule has 0 aliphatic carbocycles. The smallest absolute Gasteiger partial charge is 0.331 e. The number of carbonyl (C=O) groups is 3. The molecule has 2 aromatic rings. The van der Waals surface area contributed by atoms with Crippen molar-refractivity contribution >= 4 is 35.3 Å². The van der Waals surface area contributed by atoms with Gasteiger partial charge < -0.3 is 10.5 Å². The standard InChI is InChI=1S/C16H18N4O4S/c1-9-8-12(10(2)20(9)16-18-6-7-25-16)4-5-13(21)24-11(3)14(22)19-15(17)23/h4-8,11H,1-3H3,(H3,17,19,22,23)/b5-4+. The van der Waals surface area contributed by atoms with Gasteiger partial charge in [-0.15, -0.1) is 11.3 Å². The minimum atomic E-state index is -1.13. The average Bonchev–Trinajstić information content (AvgIpc) is 3.12. The molecule has 0 aromatic carbocycles. The van der Waals surface area contributed by atoms with Gasteiger partial charge >= 0.3 is 12.0 Å². The quantitative estimate of drug-likeness (QED) is 0.620. The molecule has 0 aliphatic rings. The molecule has 0 spiro atoms. The van der Waals surface area contributed by atoms with Gasteiger partial charge in [0.05, 0.1) is 0 Å². The Labute approximate surface area is 148 Å². The van der Waals surface area contributed by atoms with Crippen molar-refractivity contribution in [3.05, 3.63) is 40.7 Å². The van der Waals surface area contributed by atoms with Gasteiger partial charge in [0.25, 0.3) is 5.91 Å². The highest BCUT2D eigenvalue weighted by molar-refractivity contribution is 7.12. The summed E-state index contributed by atoms with van der Waals surface area (Å²) in [5.41, 5.74) is 7.58. The molecule has 0 saturated heterocycles. The second kappa shape index (κ2) is 7.75. The Morgan fingerprint density at radius 1 is 1.40 bits per heavy atom. The maximum Gasteiger partial charge on any atom is 0.331 e. The van der Waals surface area contributed by atoms with Crippen molar-refractivity contribution < 1.29 is 19.1 Å². The molecule has 0 saturated carbocycles. The Balaban J connectivity index is 2.07. The third-order valence-electron chi connectivity index (χ3n) is 3.39. The van der Waals surface area contributed by atoms with Crippen molar-refractivity contribution in [2.45, 2.75) is 26.9 Å². The van der Waals surface area contributed by atoms with Gasteiger partial charge in [0.1, 0.15) is 0 Å². The van der Waals surface area contributed by atoms with Crippen LogP contribution in [0.4, 0.5) is 4.79 Å². The highest BCUT2D eigenvalue weighted by Gasteiger charge is 2.18. The second-order valence-corrected chi connectivity index (χ2v) is 6.12. The molecule has 2 heterocycles. The molecular weight excluding hydrogens is 344 g/mol. The highest BCUT2D eigenvalue weighted by Crippen LogP contribution is 2.23. The number of hydrogen-bond donors (Lipinski definition) is 2. The lowest BCUT2D eigenvalue weighted by molar-refractivity contribution is -0.149. The van der Waals surface area contributed by atoms with E-state index in [9.17, 15) is 14.4 Å². The summed E-state index contributed by atoms with van der Waals surface area (Å²) in [6, 6.07) is 0.919. The van der Waals surface area contributed by atoms with Crippen LogP contribution in [0.1, 0.15) is 23.9 Å². The number of aromatic nitrogens is 2. The molecule has 0 fully saturated rings. The number of ether oxygens (including phenoxy) is 1. The lowest BCUT2D eigenvalue weighted by atomic mass is 10.2. The zero-order valence-corrected chi connectivity index (χ0v) is 14.8. The second-order valence-electron chi connectivity index (χ2n) is 5.24. The van der Waals surface area contributed by atoms with Crippen molar-refractivity contribution in [1.82, 2.24) is 14.9 Å². The van der Waals surface area contributed by atoms with E-state index in [4.69, 9.17) is 10.5 Å². The van der Waals surface area contributed by atoms with Crippen LogP contribution in [0.15, 0.2) is 23.7 Å². The molecule has 0 bridgehead atoms. The molecule has 1 unspecified atom stereocenters. The van der Waals surface area contributed by atoms with Crippen LogP contribution in [-0.2, 0) is 14.3 Å². The summed E-state index contributed by atoms with van der Waals surface area (Å²) in [6.45, 7) is 5.21. The van der Waals surface area contributed by atoms with Crippen LogP contribution in [0.2, 0.25) is 0 Å². The van der Waals surface area contributed by atoms with Crippen LogP contribution in [0.5, 0.6) is 0 Å². The molecule has 8 nitrogen and oxygen atoms in total. The first kappa shape index (κ1) is 18.4. The van der Waals surface area contributed by atoms with Gasteiger partial charge in [-0.3, -0.25) is 14.7 Å². The van der Waals surface area contributed by atoms with E-state index in [2.05, 4.69) is 4.98 Å². The fourth-order valence-electron chi connectivity index (χ4n) is 2.22. The Kier molecular flexibility index (Phi) is 5.71. The summed E-state index contributed by atoms with van der Waals surface area (Å²) in [5, 5.41) is 4.58. The third-order valence-corrected chi connectivity index (χ3v) is 4.14. The molecule has 0 radical (unpaired) electrons. The van der Waals surface area contributed by atoms with Crippen molar-refractivity contribution in [2.75, 3.05) is 0 Å². The number of nitrogens with two attached hydrogens (primary N) is 1. The number of nitrogens with zero attached hydrogens (tertiary/aromatic N) is 2. The lowest BCUT2D eigenvalue weighted by Crippen LogP contribution is -2.42. The molecular formula is C16H18N4O4S. The minimum absolute atomic E-state index is 0.703. The lowest BCUT2D eigenvalue weighted by Gasteiger charge is -2.10. The summed E-state index contributed by atoms with van der Waals surface area (Å²) >= 11 is 1.51. The molecule has 3 N–H and O–H groups in total. The largest absolute Gasteiger partial charge is 0.449 e. The number of amides is 3. The number of urea groups is 1. The predicted molar refractivity (Wildman–Crippen MR) is 93.2 cm³/mol. The molecule has 25 heavy (non-hydrogen) atoms. The van der Waals surface area contributed by atoms with Crippen molar-refractivity contribution in [3.8, 4) is 5.13 Å². The van der Waals surface area contributed by atoms with Crippen molar-refractivity contribution in [2.24, 2.45) is 5.73 Å². The first-order valence-electron chi connectivity index (χ1n) is 7.37. The van der Waals surface area contributed by atoms with E-state index in [1.54, 1.807) is 12.3 Å². The maximum atomic E-state index is 11.8. The van der Waals surface area contributed by atoms with Gasteiger partial charge in [-0.2, -0.15) is 0 Å². The zero-order valence-electron chi connectivity index (χ0n) is 14.0. The van der Waals surface area contributed by atoms with E-state index in [1.165, 1.54) is 24.3 Å². The van der Waals surface area contributed by atoms with Crippen molar-refractivity contribution in [3.63, 3.8) is 0 Å². The number of primary amides is 1. The summed E-state index contributed by atoms with van der Waals surface area (Å²) in [7, 11) is 0. The molecule has 9 heteroatoms. The van der Waals surface area contributed by atoms with Crippen LogP contribution in [0.3, 0.4) is 0 Å². The number of carbonyl (C=O) groups excluding carboxylic acids is 3. The Bertz CT molecular complexity index is 824. The van der Waals surface area contributed by atoms with Crippen LogP contribution in [0.25, 0.3) is 11.2 Å². The fourth-order valence-corrected chi connectivity index (χ4v) is 2.98. The Morgan fingerprint density at radius 3 is 2.72 bits per heavy atom. The average molecular weight is 362 g/mol. The summed E-state index contributed by atoms with van der Waals surface area (Å²) in [5.74, 6) is -1.48. The number of esters is 1. The van der Waals surface area contributed by atoms with Crippen LogP contribution in [-0.4, -0.2) is 33.6 Å². The van der Waals surface area contributed by atoms with Crippen molar-refractivity contribution in [1.29, 1.82) is 0 Å². The van der Waals surface area contributed by atoms with E-state index >= 15 is 0 Å². The van der Waals surface area contributed by atoms with Gasteiger partial charge in [-0.25, -0.2) is 14.6 Å². The van der Waals surface area contributed by atoms with E-state index < -0.39 is 24.0 Å². The topological polar surface area (TPSA) is 116 Å². The molecule has 3 amide bonds. The third kappa shape index (κ3) is 4.54. The number of nitrogens with one attached hydrogen (secondary N) is 1. The highest BCUT2D eigenvalue weighted by atomic mass is 32.1. The SMILES string of the molecule is Cc1cc(/C=C/C(=O)OC(C)C(=O)NC(N)=O)c(C)n1-c1nccs1. The first-order valence-corrected chi connectivity index (χ1v) is 8.25. The Hall–Kier alpha value is -2.94. The normalized spacial score (nSPS) is 12.1. The van der Waals surface area contributed by atoms with E-state index in [-0.39, 0.29) is 0 Å². The number of aryl methyl sites for hydroxylation is 1. The number of rotatable bonds is 5. The monoisotopic (exact) mass is 362 g/mol. The fraction of sp³-hybridized carbons (Fsp3) is 0.250. The van der Waals surface area contributed by atoms with Crippen LogP contribution >= 0.6 is 11.3 Å². The van der Waals surface area contributed by atoms with Gasteiger partial charge in [0.2, 0.25) is 0 Å². The summed E-state index contributed by atoms with van der Waals surface area (Å²) < 4.78 is 6.91. The van der Waals surface area contributed by atoms with E-state index in [1.807, 2.05) is 35.2 Å². The van der Waals surface area contributed by atoms with Crippen LogP contribution in [0, 0.1) is 13.8 Å². The maximum absolute atomic E-state index is 11.8. The molecule has 0 aliphatic heterocycles. The summed E-state index contributed by atoms with van der Waals surface area (Å²) in [4.78, 5) is 38.2. The predicted octanol–water partition coefficient (Wildman–Crippen LogP) is 1.69. The summed E-state index contributed by atoms with van der Waals surface area (Å²) in [6.07, 6.45) is 3.42. The Morgan fingerprint density at radius 2 is 2.12 bits per heavy atom. The molecule has 2 aromatic heterocycles. The van der Waals surface area contributed by atoms with Gasteiger partial charge in [0, 0.05) is 29.0 Å². The van der Waals surface area contributed by atoms with Crippen LogP contribution < -0.4 is 11.1 Å². The molecule has 1 atom stereocenters. The molecule has 2 rings (SSSR count). The van der Waals surface area contributed by atoms with Gasteiger partial charge in [-0.05, 0) is 38.5 Å². The van der Waals surface area contributed by atoms with E-state index in [0.717, 1.165) is 22.1 Å². The first-order chi connectivity index (χ1) is 11.8. The van der Waals surface area contributed by atoms with Gasteiger partial charge in [-0.1, -0.05) is 0 Å². The molecule has 132 valence electrons. The van der Waals surface area contributed by atoms with E-state index in [0.29, 0.717) is 0 Å². The number of hydrogen-bond acceptors (Lipinski definition) is 6. The zero-order chi connectivity index (χ0) is 18.6. The minimum Gasteiger partial charge on any atom is -0.449 e.